The number of hydrogen-bond donors (Lipinski definition) is 1. The molecule has 4 amide bonds. The largest absolute Gasteiger partial charge is 0.335 e. The van der Waals surface area contributed by atoms with Crippen molar-refractivity contribution in [3.63, 3.8) is 0 Å². The molecule has 1 saturated carbocycles. The first kappa shape index (κ1) is 12.8. The van der Waals surface area contributed by atoms with Gasteiger partial charge in [-0.2, -0.15) is 5.26 Å². The Morgan fingerprint density at radius 1 is 1.30 bits per heavy atom. The first-order valence-corrected chi connectivity index (χ1v) is 6.68. The average Bonchev–Trinajstić information content (AvgIpc) is 3.20. The van der Waals surface area contributed by atoms with Gasteiger partial charge in [-0.25, -0.2) is 9.69 Å². The third-order valence-corrected chi connectivity index (χ3v) is 4.03. The Bertz CT molecular complexity index is 703. The molecule has 100 valence electrons. The lowest BCUT2D eigenvalue weighted by molar-refractivity contribution is -0.136. The Hall–Kier alpha value is -2.20. The topological polar surface area (TPSA) is 90.3 Å². The molecule has 1 aromatic carbocycles. The number of urea groups is 1. The van der Waals surface area contributed by atoms with Gasteiger partial charge in [0.1, 0.15) is 11.5 Å². The molecule has 1 N–H and O–H groups in total. The van der Waals surface area contributed by atoms with Crippen molar-refractivity contribution in [3.05, 3.63) is 28.2 Å². The van der Waals surface area contributed by atoms with Gasteiger partial charge in [-0.05, 0) is 31.0 Å². The highest BCUT2D eigenvalue weighted by molar-refractivity contribution is 9.10. The second kappa shape index (κ2) is 4.15. The summed E-state index contributed by atoms with van der Waals surface area (Å²) in [7, 11) is 0. The molecule has 6 nitrogen and oxygen atoms in total. The smallest absolute Gasteiger partial charge is 0.276 e. The standard InChI is InChI=1S/C13H8BrN3O3/c14-8-1-2-9(7(5-8)6-15)17-11(19)13(3-4-13)10(18)16-12(17)20/h1-2,5H,3-4H2,(H,16,18,20). The third-order valence-electron chi connectivity index (χ3n) is 3.54. The number of nitrogens with one attached hydrogen (secondary N) is 1. The maximum Gasteiger partial charge on any atom is 0.335 e. The molecule has 20 heavy (non-hydrogen) atoms. The van der Waals surface area contributed by atoms with E-state index < -0.39 is 23.3 Å². The SMILES string of the molecule is N#Cc1cc(Br)ccc1N1C(=O)NC(=O)C2(CC2)C1=O. The highest BCUT2D eigenvalue weighted by Crippen LogP contribution is 2.49. The lowest BCUT2D eigenvalue weighted by Gasteiger charge is -2.30. The molecule has 1 aliphatic heterocycles. The quantitative estimate of drug-likeness (QED) is 0.791. The van der Waals surface area contributed by atoms with Crippen LogP contribution < -0.4 is 10.2 Å². The van der Waals surface area contributed by atoms with E-state index in [1.165, 1.54) is 12.1 Å². The number of carbonyl (C=O) groups is 3. The van der Waals surface area contributed by atoms with Crippen LogP contribution in [0.15, 0.2) is 22.7 Å². The van der Waals surface area contributed by atoms with Gasteiger partial charge in [0, 0.05) is 4.47 Å². The Morgan fingerprint density at radius 3 is 2.60 bits per heavy atom. The molecule has 0 aromatic heterocycles. The summed E-state index contributed by atoms with van der Waals surface area (Å²) in [6.07, 6.45) is 0.861. The minimum atomic E-state index is -1.12. The van der Waals surface area contributed by atoms with Crippen LogP contribution in [0.1, 0.15) is 18.4 Å². The van der Waals surface area contributed by atoms with Crippen molar-refractivity contribution in [2.75, 3.05) is 4.90 Å². The molecule has 7 heteroatoms. The number of nitriles is 1. The molecule has 1 saturated heterocycles. The molecule has 0 atom stereocenters. The van der Waals surface area contributed by atoms with Crippen molar-refractivity contribution in [2.45, 2.75) is 12.8 Å². The minimum Gasteiger partial charge on any atom is -0.276 e. The zero-order valence-electron chi connectivity index (χ0n) is 10.1. The number of imide groups is 2. The third kappa shape index (κ3) is 1.65. The first-order valence-electron chi connectivity index (χ1n) is 5.89. The fourth-order valence-corrected chi connectivity index (χ4v) is 2.61. The van der Waals surface area contributed by atoms with Gasteiger partial charge in [-0.1, -0.05) is 15.9 Å². The predicted molar refractivity (Wildman–Crippen MR) is 71.5 cm³/mol. The van der Waals surface area contributed by atoms with Crippen LogP contribution in [0.2, 0.25) is 0 Å². The number of anilines is 1. The Kier molecular flexibility index (Phi) is 2.66. The highest BCUT2D eigenvalue weighted by atomic mass is 79.9. The molecular formula is C13H8BrN3O3. The van der Waals surface area contributed by atoms with Crippen LogP contribution in [-0.2, 0) is 9.59 Å². The van der Waals surface area contributed by atoms with Crippen molar-refractivity contribution in [1.82, 2.24) is 5.32 Å². The Labute approximate surface area is 122 Å². The summed E-state index contributed by atoms with van der Waals surface area (Å²) in [5.41, 5.74) is -0.738. The van der Waals surface area contributed by atoms with E-state index in [9.17, 15) is 14.4 Å². The van der Waals surface area contributed by atoms with E-state index in [2.05, 4.69) is 21.2 Å². The van der Waals surface area contributed by atoms with Gasteiger partial charge in [-0.15, -0.1) is 0 Å². The molecule has 0 bridgehead atoms. The molecule has 3 rings (SSSR count). The zero-order chi connectivity index (χ0) is 14.5. The van der Waals surface area contributed by atoms with Crippen molar-refractivity contribution < 1.29 is 14.4 Å². The minimum absolute atomic E-state index is 0.188. The monoisotopic (exact) mass is 333 g/mol. The van der Waals surface area contributed by atoms with Crippen LogP contribution in [0.5, 0.6) is 0 Å². The van der Waals surface area contributed by atoms with Gasteiger partial charge < -0.3 is 0 Å². The molecule has 2 fully saturated rings. The van der Waals surface area contributed by atoms with Crippen LogP contribution in [-0.4, -0.2) is 17.8 Å². The predicted octanol–water partition coefficient (Wildman–Crippen LogP) is 1.68. The summed E-state index contributed by atoms with van der Waals surface area (Å²) in [5.74, 6) is -1.09. The number of nitrogens with zero attached hydrogens (tertiary/aromatic N) is 2. The van der Waals surface area contributed by atoms with Crippen molar-refractivity contribution in [3.8, 4) is 6.07 Å². The second-order valence-corrected chi connectivity index (χ2v) is 5.67. The maximum absolute atomic E-state index is 12.4. The molecule has 0 radical (unpaired) electrons. The number of carbonyl (C=O) groups excluding carboxylic acids is 3. The maximum atomic E-state index is 12.4. The van der Waals surface area contributed by atoms with E-state index in [1.807, 2.05) is 6.07 Å². The van der Waals surface area contributed by atoms with Crippen LogP contribution in [0, 0.1) is 16.7 Å². The first-order chi connectivity index (χ1) is 9.49. The van der Waals surface area contributed by atoms with Crippen LogP contribution in [0.25, 0.3) is 0 Å². The van der Waals surface area contributed by atoms with Crippen molar-refractivity contribution in [2.24, 2.45) is 5.41 Å². The molecule has 1 aromatic rings. The molecule has 2 aliphatic rings. The number of hydrogen-bond acceptors (Lipinski definition) is 4. The summed E-state index contributed by atoms with van der Waals surface area (Å²) in [4.78, 5) is 37.0. The van der Waals surface area contributed by atoms with Gasteiger partial charge in [0.05, 0.1) is 11.3 Å². The number of halogens is 1. The Morgan fingerprint density at radius 2 is 2.00 bits per heavy atom. The van der Waals surface area contributed by atoms with Crippen LogP contribution in [0.4, 0.5) is 10.5 Å². The summed E-state index contributed by atoms with van der Waals surface area (Å²) >= 11 is 3.23. The van der Waals surface area contributed by atoms with Gasteiger partial charge in [-0.3, -0.25) is 14.9 Å². The van der Waals surface area contributed by atoms with Crippen LogP contribution >= 0.6 is 15.9 Å². The average molecular weight is 334 g/mol. The van der Waals surface area contributed by atoms with Crippen molar-refractivity contribution >= 4 is 39.5 Å². The van der Waals surface area contributed by atoms with Crippen molar-refractivity contribution in [1.29, 1.82) is 5.26 Å². The van der Waals surface area contributed by atoms with E-state index in [4.69, 9.17) is 5.26 Å². The second-order valence-electron chi connectivity index (χ2n) is 4.76. The van der Waals surface area contributed by atoms with E-state index in [-0.39, 0.29) is 11.3 Å². The van der Waals surface area contributed by atoms with Crippen LogP contribution in [0.3, 0.4) is 0 Å². The Balaban J connectivity index is 2.10. The van der Waals surface area contributed by atoms with E-state index in [0.717, 1.165) is 4.90 Å². The zero-order valence-corrected chi connectivity index (χ0v) is 11.7. The van der Waals surface area contributed by atoms with Gasteiger partial charge in [0.2, 0.25) is 5.91 Å². The van der Waals surface area contributed by atoms with Gasteiger partial charge in [0.15, 0.2) is 0 Å². The normalized spacial score (nSPS) is 19.8. The summed E-state index contributed by atoms with van der Waals surface area (Å²) in [6.45, 7) is 0. The van der Waals surface area contributed by atoms with Gasteiger partial charge >= 0.3 is 6.03 Å². The number of amides is 4. The molecular weight excluding hydrogens is 326 g/mol. The number of rotatable bonds is 1. The number of barbiturate groups is 1. The summed E-state index contributed by atoms with van der Waals surface area (Å²) in [6, 6.07) is 5.79. The fourth-order valence-electron chi connectivity index (χ4n) is 2.25. The van der Waals surface area contributed by atoms with E-state index in [0.29, 0.717) is 17.3 Å². The molecule has 1 heterocycles. The van der Waals surface area contributed by atoms with E-state index in [1.54, 1.807) is 6.07 Å². The summed E-state index contributed by atoms with van der Waals surface area (Å²) < 4.78 is 0.667. The fraction of sp³-hybridized carbons (Fsp3) is 0.231. The van der Waals surface area contributed by atoms with Gasteiger partial charge in [0.25, 0.3) is 5.91 Å². The lowest BCUT2D eigenvalue weighted by Crippen LogP contribution is -2.59. The molecule has 0 unspecified atom stereocenters. The number of benzene rings is 1. The lowest BCUT2D eigenvalue weighted by atomic mass is 10.0. The van der Waals surface area contributed by atoms with E-state index >= 15 is 0 Å². The highest BCUT2D eigenvalue weighted by Gasteiger charge is 2.62. The molecule has 1 spiro atoms. The summed E-state index contributed by atoms with van der Waals surface area (Å²) in [5, 5.41) is 11.3. The molecule has 1 aliphatic carbocycles.